The number of ether oxygens (including phenoxy) is 3. The summed E-state index contributed by atoms with van der Waals surface area (Å²) < 4.78 is 21.7. The average molecular weight is 437 g/mol. The van der Waals surface area contributed by atoms with E-state index in [9.17, 15) is 9.59 Å². The summed E-state index contributed by atoms with van der Waals surface area (Å²) in [5.74, 6) is 1.14. The van der Waals surface area contributed by atoms with E-state index in [0.29, 0.717) is 17.9 Å². The summed E-state index contributed by atoms with van der Waals surface area (Å²) in [6.07, 6.45) is 0.763. The second-order valence-electron chi connectivity index (χ2n) is 8.04. The Hall–Kier alpha value is -3.32. The van der Waals surface area contributed by atoms with Crippen molar-refractivity contribution in [3.05, 3.63) is 68.6 Å². The van der Waals surface area contributed by atoms with E-state index >= 15 is 0 Å². The van der Waals surface area contributed by atoms with Crippen molar-refractivity contribution in [3.8, 4) is 11.5 Å². The van der Waals surface area contributed by atoms with Crippen molar-refractivity contribution in [1.82, 2.24) is 4.90 Å². The Labute approximate surface area is 186 Å². The largest absolute Gasteiger partial charge is 0.497 e. The summed E-state index contributed by atoms with van der Waals surface area (Å²) in [6.45, 7) is 5.76. The van der Waals surface area contributed by atoms with Gasteiger partial charge in [0.2, 0.25) is 0 Å². The highest BCUT2D eigenvalue weighted by Gasteiger charge is 2.24. The first-order valence-corrected chi connectivity index (χ1v) is 10.5. The zero-order valence-corrected chi connectivity index (χ0v) is 18.8. The lowest BCUT2D eigenvalue weighted by molar-refractivity contribution is -0.139. The number of esters is 1. The van der Waals surface area contributed by atoms with Crippen LogP contribution in [0, 0.1) is 13.8 Å². The Kier molecular flexibility index (Phi) is 6.19. The van der Waals surface area contributed by atoms with Crippen LogP contribution in [0.1, 0.15) is 27.8 Å². The molecular weight excluding hydrogens is 410 g/mol. The normalized spacial score (nSPS) is 13.5. The Bertz CT molecular complexity index is 1230. The van der Waals surface area contributed by atoms with Crippen LogP contribution in [0.2, 0.25) is 0 Å². The lowest BCUT2D eigenvalue weighted by Crippen LogP contribution is -2.34. The van der Waals surface area contributed by atoms with E-state index in [2.05, 4.69) is 11.0 Å². The van der Waals surface area contributed by atoms with E-state index in [-0.39, 0.29) is 6.42 Å². The molecule has 7 heteroatoms. The summed E-state index contributed by atoms with van der Waals surface area (Å²) >= 11 is 0. The summed E-state index contributed by atoms with van der Waals surface area (Å²) in [5.41, 5.74) is 4.10. The molecule has 0 radical (unpaired) electrons. The zero-order valence-electron chi connectivity index (χ0n) is 18.8. The fourth-order valence-electron chi connectivity index (χ4n) is 4.17. The summed E-state index contributed by atoms with van der Waals surface area (Å²) in [4.78, 5) is 26.5. The molecule has 1 aliphatic heterocycles. The van der Waals surface area contributed by atoms with Gasteiger partial charge in [-0.15, -0.1) is 0 Å². The lowest BCUT2D eigenvalue weighted by atomic mass is 9.97. The van der Waals surface area contributed by atoms with Crippen molar-refractivity contribution < 1.29 is 23.4 Å². The van der Waals surface area contributed by atoms with Crippen LogP contribution >= 0.6 is 0 Å². The maximum atomic E-state index is 12.5. The fourth-order valence-corrected chi connectivity index (χ4v) is 4.17. The lowest BCUT2D eigenvalue weighted by Gasteiger charge is -2.30. The number of hydrogen-bond donors (Lipinski definition) is 0. The van der Waals surface area contributed by atoms with E-state index < -0.39 is 11.6 Å². The van der Waals surface area contributed by atoms with E-state index in [1.165, 1.54) is 12.7 Å². The molecule has 3 aromatic rings. The molecule has 0 spiro atoms. The highest BCUT2D eigenvalue weighted by molar-refractivity contribution is 5.88. The maximum Gasteiger partial charge on any atom is 0.340 e. The number of methoxy groups -OCH3 is 2. The molecule has 0 N–H and O–H groups in total. The van der Waals surface area contributed by atoms with Gasteiger partial charge >= 0.3 is 11.6 Å². The van der Waals surface area contributed by atoms with Crippen molar-refractivity contribution in [3.63, 3.8) is 0 Å². The molecular formula is C25H27NO6. The summed E-state index contributed by atoms with van der Waals surface area (Å²) in [5, 5.41) is 0.818. The van der Waals surface area contributed by atoms with Gasteiger partial charge in [0.15, 0.2) is 0 Å². The Morgan fingerprint density at radius 1 is 1.16 bits per heavy atom. The third-order valence-electron chi connectivity index (χ3n) is 6.02. The molecule has 0 aliphatic carbocycles. The predicted octanol–water partition coefficient (Wildman–Crippen LogP) is 3.53. The SMILES string of the molecule is COC(=O)Cc1c(C)c2cc3c(c(C)c2oc1=O)OCN(CCc1cccc(OC)c1)C3. The van der Waals surface area contributed by atoms with E-state index in [0.717, 1.165) is 53.1 Å². The van der Waals surface area contributed by atoms with Crippen LogP contribution in [0.4, 0.5) is 0 Å². The van der Waals surface area contributed by atoms with E-state index in [4.69, 9.17) is 18.6 Å². The minimum Gasteiger partial charge on any atom is -0.497 e. The second-order valence-corrected chi connectivity index (χ2v) is 8.04. The molecule has 168 valence electrons. The molecule has 0 atom stereocenters. The molecule has 4 rings (SSSR count). The smallest absolute Gasteiger partial charge is 0.340 e. The van der Waals surface area contributed by atoms with Gasteiger partial charge in [-0.3, -0.25) is 9.69 Å². The van der Waals surface area contributed by atoms with Gasteiger partial charge < -0.3 is 18.6 Å². The molecule has 1 aliphatic rings. The molecule has 2 aromatic carbocycles. The van der Waals surface area contributed by atoms with Crippen LogP contribution in [0.5, 0.6) is 11.5 Å². The number of rotatable bonds is 6. The highest BCUT2D eigenvalue weighted by Crippen LogP contribution is 2.36. The van der Waals surface area contributed by atoms with Gasteiger partial charge in [-0.25, -0.2) is 4.79 Å². The maximum absolute atomic E-state index is 12.5. The minimum absolute atomic E-state index is 0.111. The van der Waals surface area contributed by atoms with E-state index in [1.54, 1.807) is 7.11 Å². The van der Waals surface area contributed by atoms with Gasteiger partial charge in [0.05, 0.1) is 26.2 Å². The molecule has 0 saturated carbocycles. The van der Waals surface area contributed by atoms with Gasteiger partial charge in [-0.05, 0) is 49.6 Å². The average Bonchev–Trinajstić information content (AvgIpc) is 2.81. The standard InChI is InChI=1S/C25H27NO6/c1-15-20-11-18-13-26(9-8-17-6-5-7-19(10-17)29-3)14-31-23(18)16(2)24(20)32-25(28)21(15)12-22(27)30-4/h5-7,10-11H,8-9,12-14H2,1-4H3. The first-order valence-electron chi connectivity index (χ1n) is 10.5. The van der Waals surface area contributed by atoms with Crippen LogP contribution in [0.25, 0.3) is 11.0 Å². The molecule has 2 heterocycles. The van der Waals surface area contributed by atoms with Gasteiger partial charge in [-0.2, -0.15) is 0 Å². The van der Waals surface area contributed by atoms with Gasteiger partial charge in [0, 0.05) is 29.6 Å². The van der Waals surface area contributed by atoms with Crippen molar-refractivity contribution in [2.45, 2.75) is 33.2 Å². The fraction of sp³-hybridized carbons (Fsp3) is 0.360. The number of carbonyl (C=O) groups excluding carboxylic acids is 1. The topological polar surface area (TPSA) is 78.2 Å². The van der Waals surface area contributed by atoms with Crippen LogP contribution in [-0.2, 0) is 28.9 Å². The predicted molar refractivity (Wildman–Crippen MR) is 120 cm³/mol. The second kappa shape index (κ2) is 9.04. The van der Waals surface area contributed by atoms with Crippen LogP contribution in [0.3, 0.4) is 0 Å². The third kappa shape index (κ3) is 4.21. The number of carbonyl (C=O) groups is 1. The molecule has 0 amide bonds. The molecule has 7 nitrogen and oxygen atoms in total. The zero-order chi connectivity index (χ0) is 22.8. The molecule has 0 unspecified atom stereocenters. The first kappa shape index (κ1) is 21.9. The molecule has 0 saturated heterocycles. The van der Waals surface area contributed by atoms with Crippen molar-refractivity contribution in [2.75, 3.05) is 27.5 Å². The summed E-state index contributed by atoms with van der Waals surface area (Å²) in [7, 11) is 2.97. The number of fused-ring (bicyclic) bond motifs is 2. The Morgan fingerprint density at radius 2 is 1.97 bits per heavy atom. The molecule has 0 bridgehead atoms. The molecule has 1 aromatic heterocycles. The van der Waals surface area contributed by atoms with E-state index in [1.807, 2.05) is 38.1 Å². The number of hydrogen-bond acceptors (Lipinski definition) is 7. The number of aryl methyl sites for hydroxylation is 2. The number of nitrogens with zero attached hydrogens (tertiary/aromatic N) is 1. The minimum atomic E-state index is -0.515. The van der Waals surface area contributed by atoms with Gasteiger partial charge in [-0.1, -0.05) is 12.1 Å². The van der Waals surface area contributed by atoms with Crippen molar-refractivity contribution in [2.24, 2.45) is 0 Å². The van der Waals surface area contributed by atoms with Crippen LogP contribution in [-0.4, -0.2) is 38.4 Å². The first-order chi connectivity index (χ1) is 15.4. The van der Waals surface area contributed by atoms with Crippen LogP contribution < -0.4 is 15.1 Å². The third-order valence-corrected chi connectivity index (χ3v) is 6.02. The monoisotopic (exact) mass is 437 g/mol. The Balaban J connectivity index is 1.61. The number of benzene rings is 2. The van der Waals surface area contributed by atoms with Crippen molar-refractivity contribution >= 4 is 16.9 Å². The molecule has 0 fully saturated rings. The highest BCUT2D eigenvalue weighted by atomic mass is 16.5. The molecule has 32 heavy (non-hydrogen) atoms. The quantitative estimate of drug-likeness (QED) is 0.431. The summed E-state index contributed by atoms with van der Waals surface area (Å²) in [6, 6.07) is 10.1. The van der Waals surface area contributed by atoms with Crippen molar-refractivity contribution in [1.29, 1.82) is 0 Å². The Morgan fingerprint density at radius 3 is 2.72 bits per heavy atom. The van der Waals surface area contributed by atoms with Crippen LogP contribution in [0.15, 0.2) is 39.5 Å². The van der Waals surface area contributed by atoms with Gasteiger partial charge in [0.25, 0.3) is 0 Å². The van der Waals surface area contributed by atoms with Gasteiger partial charge in [0.1, 0.15) is 23.8 Å².